The molecule has 100 valence electrons. The van der Waals surface area contributed by atoms with Crippen molar-refractivity contribution in [1.82, 2.24) is 0 Å². The van der Waals surface area contributed by atoms with Crippen molar-refractivity contribution in [2.75, 3.05) is 0 Å². The first-order chi connectivity index (χ1) is 9.06. The van der Waals surface area contributed by atoms with Crippen molar-refractivity contribution >= 4 is 17.7 Å². The van der Waals surface area contributed by atoms with Gasteiger partial charge in [0.15, 0.2) is 5.78 Å². The molecule has 0 aliphatic carbocycles. The molecule has 1 aromatic rings. The lowest BCUT2D eigenvalue weighted by molar-refractivity contribution is -0.134. The van der Waals surface area contributed by atoms with E-state index >= 15 is 0 Å². The summed E-state index contributed by atoms with van der Waals surface area (Å²) in [5.41, 5.74) is 0.286. The summed E-state index contributed by atoms with van der Waals surface area (Å²) in [4.78, 5) is 34.4. The van der Waals surface area contributed by atoms with Crippen LogP contribution in [0.3, 0.4) is 0 Å². The standard InChI is InChI=1S/C14H14O5/c1-9(15)18-10-6-7-13-11(8-10)12(16)4-2-3-5-14(17)19-13/h6-8H,2-5H2,1H3. The van der Waals surface area contributed by atoms with Crippen LogP contribution in [0.4, 0.5) is 0 Å². The van der Waals surface area contributed by atoms with Gasteiger partial charge in [0, 0.05) is 19.8 Å². The maximum absolute atomic E-state index is 12.0. The molecule has 0 spiro atoms. The van der Waals surface area contributed by atoms with E-state index in [1.807, 2.05) is 0 Å². The van der Waals surface area contributed by atoms with Gasteiger partial charge in [-0.05, 0) is 31.0 Å². The fourth-order valence-electron chi connectivity index (χ4n) is 1.91. The second-order valence-electron chi connectivity index (χ2n) is 4.36. The van der Waals surface area contributed by atoms with E-state index in [1.54, 1.807) is 0 Å². The molecular weight excluding hydrogens is 248 g/mol. The summed E-state index contributed by atoms with van der Waals surface area (Å²) in [5, 5.41) is 0. The van der Waals surface area contributed by atoms with E-state index in [1.165, 1.54) is 25.1 Å². The monoisotopic (exact) mass is 262 g/mol. The van der Waals surface area contributed by atoms with Gasteiger partial charge in [0.1, 0.15) is 11.5 Å². The molecule has 2 rings (SSSR count). The summed E-state index contributed by atoms with van der Waals surface area (Å²) in [7, 11) is 0. The molecule has 1 aromatic carbocycles. The minimum Gasteiger partial charge on any atom is -0.427 e. The highest BCUT2D eigenvalue weighted by molar-refractivity contribution is 6.00. The van der Waals surface area contributed by atoms with Crippen molar-refractivity contribution in [3.05, 3.63) is 23.8 Å². The molecule has 0 aromatic heterocycles. The van der Waals surface area contributed by atoms with E-state index in [2.05, 4.69) is 0 Å². The maximum Gasteiger partial charge on any atom is 0.311 e. The van der Waals surface area contributed by atoms with Gasteiger partial charge in [-0.15, -0.1) is 0 Å². The van der Waals surface area contributed by atoms with Crippen molar-refractivity contribution in [3.63, 3.8) is 0 Å². The summed E-state index contributed by atoms with van der Waals surface area (Å²) in [6.45, 7) is 1.28. The zero-order chi connectivity index (χ0) is 13.8. The summed E-state index contributed by atoms with van der Waals surface area (Å²) >= 11 is 0. The van der Waals surface area contributed by atoms with Gasteiger partial charge >= 0.3 is 11.9 Å². The van der Waals surface area contributed by atoms with Crippen LogP contribution < -0.4 is 9.47 Å². The van der Waals surface area contributed by atoms with Crippen LogP contribution in [0.25, 0.3) is 0 Å². The molecule has 1 heterocycles. The second-order valence-corrected chi connectivity index (χ2v) is 4.36. The van der Waals surface area contributed by atoms with E-state index in [9.17, 15) is 14.4 Å². The van der Waals surface area contributed by atoms with Gasteiger partial charge in [0.25, 0.3) is 0 Å². The normalized spacial score (nSPS) is 15.6. The van der Waals surface area contributed by atoms with Crippen LogP contribution in [0.15, 0.2) is 18.2 Å². The number of esters is 2. The third-order valence-electron chi connectivity index (χ3n) is 2.77. The van der Waals surface area contributed by atoms with Crippen LogP contribution in [-0.2, 0) is 9.59 Å². The number of Topliss-reactive ketones (excluding diaryl/α,β-unsaturated/α-hetero) is 1. The Labute approximate surface area is 110 Å². The highest BCUT2D eigenvalue weighted by atomic mass is 16.5. The SMILES string of the molecule is CC(=O)Oc1ccc2c(c1)C(=O)CCCCC(=O)O2. The Bertz CT molecular complexity index is 533. The number of hydrogen-bond donors (Lipinski definition) is 0. The average Bonchev–Trinajstić information content (AvgIpc) is 2.40. The first-order valence-electron chi connectivity index (χ1n) is 6.12. The molecule has 0 amide bonds. The molecule has 0 saturated heterocycles. The summed E-state index contributed by atoms with van der Waals surface area (Å²) in [5.74, 6) is -0.426. The van der Waals surface area contributed by atoms with Crippen LogP contribution in [0.5, 0.6) is 11.5 Å². The largest absolute Gasteiger partial charge is 0.427 e. The molecule has 19 heavy (non-hydrogen) atoms. The van der Waals surface area contributed by atoms with Gasteiger partial charge in [-0.1, -0.05) is 0 Å². The van der Waals surface area contributed by atoms with Gasteiger partial charge in [-0.2, -0.15) is 0 Å². The van der Waals surface area contributed by atoms with E-state index in [-0.39, 0.29) is 28.8 Å². The van der Waals surface area contributed by atoms with Crippen LogP contribution in [0.2, 0.25) is 0 Å². The molecule has 1 aliphatic heterocycles. The van der Waals surface area contributed by atoms with Crippen molar-refractivity contribution < 1.29 is 23.9 Å². The molecule has 0 saturated carbocycles. The number of ketones is 1. The molecule has 0 N–H and O–H groups in total. The molecular formula is C14H14O5. The number of ether oxygens (including phenoxy) is 2. The van der Waals surface area contributed by atoms with Crippen molar-refractivity contribution in [3.8, 4) is 11.5 Å². The smallest absolute Gasteiger partial charge is 0.311 e. The summed E-state index contributed by atoms with van der Waals surface area (Å²) in [6, 6.07) is 4.42. The van der Waals surface area contributed by atoms with E-state index in [0.717, 1.165) is 0 Å². The lowest BCUT2D eigenvalue weighted by Crippen LogP contribution is -2.09. The first kappa shape index (κ1) is 13.3. The van der Waals surface area contributed by atoms with Crippen LogP contribution >= 0.6 is 0 Å². The highest BCUT2D eigenvalue weighted by Gasteiger charge is 2.19. The predicted octanol–water partition coefficient (Wildman–Crippen LogP) is 2.27. The molecule has 0 radical (unpaired) electrons. The fraction of sp³-hybridized carbons (Fsp3) is 0.357. The third-order valence-corrected chi connectivity index (χ3v) is 2.77. The lowest BCUT2D eigenvalue weighted by atomic mass is 10.0. The number of fused-ring (bicyclic) bond motifs is 1. The van der Waals surface area contributed by atoms with Crippen molar-refractivity contribution in [1.29, 1.82) is 0 Å². The zero-order valence-corrected chi connectivity index (χ0v) is 10.6. The second kappa shape index (κ2) is 5.65. The van der Waals surface area contributed by atoms with Crippen molar-refractivity contribution in [2.45, 2.75) is 32.6 Å². The Morgan fingerprint density at radius 3 is 2.68 bits per heavy atom. The molecule has 0 bridgehead atoms. The van der Waals surface area contributed by atoms with Gasteiger partial charge in [0.2, 0.25) is 0 Å². The van der Waals surface area contributed by atoms with Gasteiger partial charge in [0.05, 0.1) is 5.56 Å². The highest BCUT2D eigenvalue weighted by Crippen LogP contribution is 2.28. The molecule has 5 nitrogen and oxygen atoms in total. The van der Waals surface area contributed by atoms with Crippen LogP contribution in [0.1, 0.15) is 43.0 Å². The Morgan fingerprint density at radius 1 is 1.21 bits per heavy atom. The predicted molar refractivity (Wildman–Crippen MR) is 66.2 cm³/mol. The molecule has 5 heteroatoms. The van der Waals surface area contributed by atoms with E-state index in [4.69, 9.17) is 9.47 Å². The quantitative estimate of drug-likeness (QED) is 0.573. The minimum atomic E-state index is -0.465. The number of hydrogen-bond acceptors (Lipinski definition) is 5. The summed E-state index contributed by atoms with van der Waals surface area (Å²) < 4.78 is 10.1. The van der Waals surface area contributed by atoms with E-state index in [0.29, 0.717) is 25.7 Å². The number of benzene rings is 1. The molecule has 0 unspecified atom stereocenters. The minimum absolute atomic E-state index is 0.112. The lowest BCUT2D eigenvalue weighted by Gasteiger charge is -2.09. The van der Waals surface area contributed by atoms with Gasteiger partial charge < -0.3 is 9.47 Å². The number of carbonyl (C=O) groups is 3. The Kier molecular flexibility index (Phi) is 3.94. The first-order valence-corrected chi connectivity index (χ1v) is 6.12. The number of rotatable bonds is 1. The van der Waals surface area contributed by atoms with Gasteiger partial charge in [-0.25, -0.2) is 0 Å². The zero-order valence-electron chi connectivity index (χ0n) is 10.6. The van der Waals surface area contributed by atoms with E-state index < -0.39 is 5.97 Å². The Balaban J connectivity index is 2.37. The Morgan fingerprint density at radius 2 is 1.95 bits per heavy atom. The summed E-state index contributed by atoms with van der Waals surface area (Å²) in [6.07, 6.45) is 1.94. The number of carbonyl (C=O) groups excluding carboxylic acids is 3. The average molecular weight is 262 g/mol. The van der Waals surface area contributed by atoms with Crippen molar-refractivity contribution in [2.24, 2.45) is 0 Å². The molecule has 0 fully saturated rings. The topological polar surface area (TPSA) is 69.7 Å². The molecule has 1 aliphatic rings. The van der Waals surface area contributed by atoms with Crippen LogP contribution in [-0.4, -0.2) is 17.7 Å². The van der Waals surface area contributed by atoms with Gasteiger partial charge in [-0.3, -0.25) is 14.4 Å². The molecule has 0 atom stereocenters. The fourth-order valence-corrected chi connectivity index (χ4v) is 1.91. The maximum atomic E-state index is 12.0. The Hall–Kier alpha value is -2.17. The third kappa shape index (κ3) is 3.40. The van der Waals surface area contributed by atoms with Crippen LogP contribution in [0, 0.1) is 0 Å².